The van der Waals surface area contributed by atoms with Crippen molar-refractivity contribution in [1.82, 2.24) is 0 Å². The van der Waals surface area contributed by atoms with E-state index in [1.165, 1.54) is 0 Å². The highest BCUT2D eigenvalue weighted by atomic mass is 32.2. The summed E-state index contributed by atoms with van der Waals surface area (Å²) in [5.41, 5.74) is -0.980. The zero-order chi connectivity index (χ0) is 14.9. The quantitative estimate of drug-likeness (QED) is 0.600. The molecular weight excluding hydrogens is 292 g/mol. The first-order chi connectivity index (χ1) is 9.28. The van der Waals surface area contributed by atoms with Crippen molar-refractivity contribution in [3.8, 4) is 5.75 Å². The van der Waals surface area contributed by atoms with Crippen LogP contribution < -0.4 is 4.74 Å². The smallest absolute Gasteiger partial charge is 0.317 e. The molecule has 1 aromatic carbocycles. The van der Waals surface area contributed by atoms with Crippen molar-refractivity contribution in [1.29, 1.82) is 0 Å². The molecule has 1 atom stereocenters. The van der Waals surface area contributed by atoms with Crippen molar-refractivity contribution in [2.75, 3.05) is 11.5 Å². The highest BCUT2D eigenvalue weighted by Crippen LogP contribution is 2.33. The molecule has 9 nitrogen and oxygen atoms in total. The van der Waals surface area contributed by atoms with Gasteiger partial charge in [-0.25, -0.2) is 8.42 Å². The Morgan fingerprint density at radius 3 is 2.40 bits per heavy atom. The van der Waals surface area contributed by atoms with Crippen molar-refractivity contribution in [3.05, 3.63) is 38.4 Å². The minimum Gasteiger partial charge on any atom is -0.482 e. The van der Waals surface area contributed by atoms with E-state index in [-0.39, 0.29) is 23.7 Å². The second-order valence-corrected chi connectivity index (χ2v) is 6.54. The fourth-order valence-electron chi connectivity index (χ4n) is 1.90. The van der Waals surface area contributed by atoms with Crippen LogP contribution in [-0.4, -0.2) is 35.9 Å². The SMILES string of the molecule is O=[N+]([O-])c1ccc(O[C@@H]2CCS(=O)(=O)C2)c([N+](=O)[O-])c1. The number of non-ortho nitro benzene ring substituents is 1. The number of benzene rings is 1. The van der Waals surface area contributed by atoms with E-state index >= 15 is 0 Å². The van der Waals surface area contributed by atoms with Crippen LogP contribution in [0.4, 0.5) is 11.4 Å². The number of hydrogen-bond acceptors (Lipinski definition) is 7. The summed E-state index contributed by atoms with van der Waals surface area (Å²) in [6.45, 7) is 0. The summed E-state index contributed by atoms with van der Waals surface area (Å²) in [5.74, 6) is -0.401. The lowest BCUT2D eigenvalue weighted by Gasteiger charge is -2.11. The highest BCUT2D eigenvalue weighted by molar-refractivity contribution is 7.91. The van der Waals surface area contributed by atoms with E-state index in [1.807, 2.05) is 0 Å². The number of nitro groups is 2. The Labute approximate surface area is 113 Å². The van der Waals surface area contributed by atoms with Gasteiger partial charge in [-0.2, -0.15) is 0 Å². The van der Waals surface area contributed by atoms with Gasteiger partial charge in [-0.3, -0.25) is 20.2 Å². The first-order valence-corrected chi connectivity index (χ1v) is 7.40. The molecule has 1 aliphatic heterocycles. The van der Waals surface area contributed by atoms with Crippen molar-refractivity contribution >= 4 is 21.2 Å². The van der Waals surface area contributed by atoms with Crippen molar-refractivity contribution < 1.29 is 23.0 Å². The molecule has 0 saturated carbocycles. The Kier molecular flexibility index (Phi) is 3.57. The summed E-state index contributed by atoms with van der Waals surface area (Å²) in [4.78, 5) is 19.9. The molecule has 20 heavy (non-hydrogen) atoms. The van der Waals surface area contributed by atoms with E-state index in [0.717, 1.165) is 18.2 Å². The minimum absolute atomic E-state index is 0.0293. The molecule has 0 radical (unpaired) electrons. The van der Waals surface area contributed by atoms with Gasteiger partial charge in [0, 0.05) is 6.07 Å². The summed E-state index contributed by atoms with van der Waals surface area (Å²) >= 11 is 0. The topological polar surface area (TPSA) is 130 Å². The molecule has 0 spiro atoms. The van der Waals surface area contributed by atoms with Gasteiger partial charge in [0.05, 0.1) is 27.4 Å². The molecule has 1 fully saturated rings. The first kappa shape index (κ1) is 14.2. The maximum Gasteiger partial charge on any atom is 0.317 e. The zero-order valence-corrected chi connectivity index (χ0v) is 10.9. The normalized spacial score (nSPS) is 20.5. The van der Waals surface area contributed by atoms with E-state index in [4.69, 9.17) is 4.74 Å². The lowest BCUT2D eigenvalue weighted by atomic mass is 10.2. The largest absolute Gasteiger partial charge is 0.482 e. The van der Waals surface area contributed by atoms with Gasteiger partial charge >= 0.3 is 5.69 Å². The van der Waals surface area contributed by atoms with Gasteiger partial charge in [0.2, 0.25) is 0 Å². The molecule has 1 aromatic rings. The average Bonchev–Trinajstić information content (AvgIpc) is 2.68. The number of rotatable bonds is 4. The Morgan fingerprint density at radius 2 is 1.90 bits per heavy atom. The average molecular weight is 302 g/mol. The predicted molar refractivity (Wildman–Crippen MR) is 67.4 cm³/mol. The summed E-state index contributed by atoms with van der Waals surface area (Å²) in [6, 6.07) is 2.98. The van der Waals surface area contributed by atoms with Gasteiger partial charge in [0.1, 0.15) is 6.10 Å². The van der Waals surface area contributed by atoms with E-state index in [9.17, 15) is 28.6 Å². The Hall–Kier alpha value is -2.23. The second kappa shape index (κ2) is 5.04. The molecule has 0 aliphatic carbocycles. The lowest BCUT2D eigenvalue weighted by Crippen LogP contribution is -2.18. The Balaban J connectivity index is 2.28. The van der Waals surface area contributed by atoms with Gasteiger partial charge < -0.3 is 4.74 Å². The van der Waals surface area contributed by atoms with Crippen LogP contribution >= 0.6 is 0 Å². The summed E-state index contributed by atoms with van der Waals surface area (Å²) in [6.07, 6.45) is -0.420. The number of hydrogen-bond donors (Lipinski definition) is 0. The van der Waals surface area contributed by atoms with Gasteiger partial charge in [-0.15, -0.1) is 0 Å². The second-order valence-electron chi connectivity index (χ2n) is 4.31. The van der Waals surface area contributed by atoms with Gasteiger partial charge in [-0.1, -0.05) is 0 Å². The van der Waals surface area contributed by atoms with Crippen LogP contribution in [0.3, 0.4) is 0 Å². The van der Waals surface area contributed by atoms with Crippen LogP contribution in [0, 0.1) is 20.2 Å². The van der Waals surface area contributed by atoms with Crippen LogP contribution in [0.25, 0.3) is 0 Å². The molecule has 0 amide bonds. The van der Waals surface area contributed by atoms with Gasteiger partial charge in [0.15, 0.2) is 15.6 Å². The summed E-state index contributed by atoms with van der Waals surface area (Å²) < 4.78 is 27.9. The fourth-order valence-corrected chi connectivity index (χ4v) is 3.48. The standard InChI is InChI=1S/C10H10N2O7S/c13-11(14)7-1-2-10(9(5-7)12(15)16)19-8-3-4-20(17,18)6-8/h1-2,5,8H,3-4,6H2/t8-/m1/s1. The molecule has 108 valence electrons. The van der Waals surface area contributed by atoms with Crippen LogP contribution in [0.5, 0.6) is 5.75 Å². The predicted octanol–water partition coefficient (Wildman–Crippen LogP) is 1.07. The molecule has 0 N–H and O–H groups in total. The van der Waals surface area contributed by atoms with Crippen LogP contribution in [0.2, 0.25) is 0 Å². The molecule has 1 saturated heterocycles. The summed E-state index contributed by atoms with van der Waals surface area (Å²) in [7, 11) is -3.17. The maximum atomic E-state index is 11.3. The molecule has 1 aliphatic rings. The maximum absolute atomic E-state index is 11.3. The zero-order valence-electron chi connectivity index (χ0n) is 10.1. The third kappa shape index (κ3) is 3.02. The number of nitro benzene ring substituents is 2. The molecule has 0 bridgehead atoms. The molecule has 0 aromatic heterocycles. The summed E-state index contributed by atoms with van der Waals surface area (Å²) in [5, 5.41) is 21.5. The Morgan fingerprint density at radius 1 is 1.20 bits per heavy atom. The van der Waals surface area contributed by atoms with Crippen molar-refractivity contribution in [2.45, 2.75) is 12.5 Å². The van der Waals surface area contributed by atoms with E-state index < -0.39 is 37.2 Å². The lowest BCUT2D eigenvalue weighted by molar-refractivity contribution is -0.394. The molecule has 2 rings (SSSR count). The first-order valence-electron chi connectivity index (χ1n) is 5.58. The fraction of sp³-hybridized carbons (Fsp3) is 0.400. The number of sulfone groups is 1. The third-order valence-corrected chi connectivity index (χ3v) is 4.57. The number of ether oxygens (including phenoxy) is 1. The molecule has 10 heteroatoms. The van der Waals surface area contributed by atoms with E-state index in [0.29, 0.717) is 0 Å². The number of nitrogens with zero attached hydrogens (tertiary/aromatic N) is 2. The van der Waals surface area contributed by atoms with E-state index in [2.05, 4.69) is 0 Å². The van der Waals surface area contributed by atoms with Crippen LogP contribution in [-0.2, 0) is 9.84 Å². The molecule has 0 unspecified atom stereocenters. The highest BCUT2D eigenvalue weighted by Gasteiger charge is 2.31. The van der Waals surface area contributed by atoms with Crippen LogP contribution in [0.1, 0.15) is 6.42 Å². The third-order valence-electron chi connectivity index (χ3n) is 2.83. The molecular formula is C10H10N2O7S. The minimum atomic E-state index is -3.17. The monoisotopic (exact) mass is 302 g/mol. The van der Waals surface area contributed by atoms with E-state index in [1.54, 1.807) is 0 Å². The Bertz CT molecular complexity index is 670. The van der Waals surface area contributed by atoms with Gasteiger partial charge in [0.25, 0.3) is 5.69 Å². The molecule has 1 heterocycles. The van der Waals surface area contributed by atoms with Crippen molar-refractivity contribution in [2.24, 2.45) is 0 Å². The van der Waals surface area contributed by atoms with Crippen molar-refractivity contribution in [3.63, 3.8) is 0 Å². The van der Waals surface area contributed by atoms with Crippen LogP contribution in [0.15, 0.2) is 18.2 Å². The van der Waals surface area contributed by atoms with Gasteiger partial charge in [-0.05, 0) is 12.5 Å².